The summed E-state index contributed by atoms with van der Waals surface area (Å²) in [5.41, 5.74) is 9.12. The molecule has 7 heteroatoms. The van der Waals surface area contributed by atoms with Crippen LogP contribution in [0.3, 0.4) is 0 Å². The summed E-state index contributed by atoms with van der Waals surface area (Å²) >= 11 is 0. The molecule has 2 aromatic carbocycles. The monoisotopic (exact) mass is 350 g/mol. The number of hydrogen-bond acceptors (Lipinski definition) is 4. The van der Waals surface area contributed by atoms with E-state index in [0.717, 1.165) is 16.7 Å². The summed E-state index contributed by atoms with van der Waals surface area (Å²) in [7, 11) is 3.52. The summed E-state index contributed by atoms with van der Waals surface area (Å²) in [6, 6.07) is 12.5. The van der Waals surface area contributed by atoms with Crippen LogP contribution in [-0.4, -0.2) is 27.6 Å². The van der Waals surface area contributed by atoms with Crippen LogP contribution in [0.5, 0.6) is 0 Å². The van der Waals surface area contributed by atoms with Crippen LogP contribution in [0, 0.1) is 5.82 Å². The lowest BCUT2D eigenvalue weighted by Crippen LogP contribution is -2.34. The van der Waals surface area contributed by atoms with E-state index in [1.807, 2.05) is 31.3 Å². The van der Waals surface area contributed by atoms with Gasteiger partial charge in [0.25, 0.3) is 0 Å². The summed E-state index contributed by atoms with van der Waals surface area (Å²) in [6.07, 6.45) is 3.12. The number of hydrogen-bond donors (Lipinski definition) is 2. The molecule has 0 aliphatic heterocycles. The third kappa shape index (κ3) is 3.46. The van der Waals surface area contributed by atoms with E-state index >= 15 is 0 Å². The minimum Gasteiger partial charge on any atom is -0.317 e. The molecule has 0 aliphatic carbocycles. The van der Waals surface area contributed by atoms with Crippen molar-refractivity contribution in [1.82, 2.24) is 25.6 Å². The van der Waals surface area contributed by atoms with E-state index in [9.17, 15) is 4.39 Å². The van der Waals surface area contributed by atoms with E-state index in [1.165, 1.54) is 18.3 Å². The van der Waals surface area contributed by atoms with Crippen molar-refractivity contribution in [3.8, 4) is 22.5 Å². The molecule has 0 fully saturated rings. The third-order valence-corrected chi connectivity index (χ3v) is 3.90. The van der Waals surface area contributed by atoms with Gasteiger partial charge in [-0.25, -0.2) is 4.39 Å². The summed E-state index contributed by atoms with van der Waals surface area (Å²) in [4.78, 5) is 4.24. The Bertz CT molecular complexity index is 960. The molecular formula is C19H19FN6. The highest BCUT2D eigenvalue weighted by Crippen LogP contribution is 2.32. The number of amidine groups is 1. The van der Waals surface area contributed by atoms with Crippen molar-refractivity contribution in [3.63, 3.8) is 0 Å². The van der Waals surface area contributed by atoms with Crippen molar-refractivity contribution in [1.29, 1.82) is 0 Å². The molecule has 0 amide bonds. The van der Waals surface area contributed by atoms with Crippen LogP contribution in [0.4, 0.5) is 4.39 Å². The third-order valence-electron chi connectivity index (χ3n) is 3.90. The fraction of sp³-hybridized carbons (Fsp3) is 0.105. The molecule has 6 nitrogen and oxygen atoms in total. The smallest absolute Gasteiger partial charge is 0.164 e. The molecule has 26 heavy (non-hydrogen) atoms. The number of hydrazine groups is 1. The Morgan fingerprint density at radius 3 is 2.77 bits per heavy atom. The van der Waals surface area contributed by atoms with Gasteiger partial charge in [0, 0.05) is 31.4 Å². The van der Waals surface area contributed by atoms with Crippen molar-refractivity contribution in [3.05, 3.63) is 73.0 Å². The number of benzene rings is 2. The molecule has 132 valence electrons. The van der Waals surface area contributed by atoms with Crippen LogP contribution in [0.15, 0.2) is 66.6 Å². The Labute approximate surface area is 151 Å². The fourth-order valence-corrected chi connectivity index (χ4v) is 2.69. The minimum absolute atomic E-state index is 0.324. The molecule has 0 radical (unpaired) electrons. The predicted octanol–water partition coefficient (Wildman–Crippen LogP) is 2.90. The van der Waals surface area contributed by atoms with Crippen molar-refractivity contribution >= 4 is 5.84 Å². The van der Waals surface area contributed by atoms with E-state index < -0.39 is 0 Å². The highest BCUT2D eigenvalue weighted by atomic mass is 19.1. The zero-order chi connectivity index (χ0) is 18.5. The van der Waals surface area contributed by atoms with Crippen LogP contribution in [0.1, 0.15) is 5.56 Å². The summed E-state index contributed by atoms with van der Waals surface area (Å²) in [5.74, 6) is 0.936. The molecule has 0 saturated carbocycles. The SMILES string of the molecule is C=CNNC(=NC)c1cccc(-c2ccc(F)cc2-c2nncn2C)c1. The van der Waals surface area contributed by atoms with E-state index in [4.69, 9.17) is 0 Å². The molecule has 2 N–H and O–H groups in total. The van der Waals surface area contributed by atoms with E-state index in [1.54, 1.807) is 24.0 Å². The Morgan fingerprint density at radius 1 is 1.23 bits per heavy atom. The number of aliphatic imine (C=N–C) groups is 1. The van der Waals surface area contributed by atoms with E-state index in [2.05, 4.69) is 32.6 Å². The Hall–Kier alpha value is -3.48. The molecule has 0 saturated heterocycles. The van der Waals surface area contributed by atoms with Crippen molar-refractivity contribution in [2.75, 3.05) is 7.05 Å². The van der Waals surface area contributed by atoms with Gasteiger partial charge >= 0.3 is 0 Å². The largest absolute Gasteiger partial charge is 0.317 e. The second kappa shape index (κ2) is 7.60. The van der Waals surface area contributed by atoms with E-state index in [0.29, 0.717) is 17.2 Å². The van der Waals surface area contributed by atoms with Crippen molar-refractivity contribution in [2.45, 2.75) is 0 Å². The standard InChI is InChI=1S/C19H19FN6/c1-4-22-24-18(21-2)14-7-5-6-13(10-14)16-9-8-15(20)11-17(16)19-25-23-12-26(19)3/h4-12,22H,1H2,2-3H3,(H,21,24). The van der Waals surface area contributed by atoms with Crippen LogP contribution in [-0.2, 0) is 7.05 Å². The molecule has 1 heterocycles. The summed E-state index contributed by atoms with van der Waals surface area (Å²) in [6.45, 7) is 3.60. The first-order valence-corrected chi connectivity index (χ1v) is 7.98. The number of halogens is 1. The number of aromatic nitrogens is 3. The maximum atomic E-state index is 13.9. The van der Waals surface area contributed by atoms with Gasteiger partial charge in [-0.15, -0.1) is 10.2 Å². The highest BCUT2D eigenvalue weighted by molar-refractivity contribution is 5.99. The topological polar surface area (TPSA) is 67.1 Å². The quantitative estimate of drug-likeness (QED) is 0.422. The Balaban J connectivity index is 2.09. The number of aryl methyl sites for hydroxylation is 1. The zero-order valence-corrected chi connectivity index (χ0v) is 14.6. The highest BCUT2D eigenvalue weighted by Gasteiger charge is 2.14. The van der Waals surface area contributed by atoms with Crippen molar-refractivity contribution in [2.24, 2.45) is 12.0 Å². The predicted molar refractivity (Wildman–Crippen MR) is 101 cm³/mol. The summed E-state index contributed by atoms with van der Waals surface area (Å²) < 4.78 is 15.6. The van der Waals surface area contributed by atoms with Gasteiger partial charge in [-0.3, -0.25) is 10.4 Å². The lowest BCUT2D eigenvalue weighted by Gasteiger charge is -2.13. The van der Waals surface area contributed by atoms with Gasteiger partial charge in [0.15, 0.2) is 5.82 Å². The lowest BCUT2D eigenvalue weighted by atomic mass is 9.97. The van der Waals surface area contributed by atoms with Gasteiger partial charge < -0.3 is 9.99 Å². The average Bonchev–Trinajstić information content (AvgIpc) is 3.08. The van der Waals surface area contributed by atoms with Crippen LogP contribution in [0.2, 0.25) is 0 Å². The van der Waals surface area contributed by atoms with Gasteiger partial charge in [-0.2, -0.15) is 0 Å². The number of rotatable bonds is 5. The van der Waals surface area contributed by atoms with Gasteiger partial charge in [0.05, 0.1) is 0 Å². The maximum Gasteiger partial charge on any atom is 0.164 e. The van der Waals surface area contributed by atoms with Gasteiger partial charge in [0.1, 0.15) is 18.0 Å². The summed E-state index contributed by atoms with van der Waals surface area (Å²) in [5, 5.41) is 8.02. The normalized spacial score (nSPS) is 11.3. The Kier molecular flexibility index (Phi) is 5.07. The van der Waals surface area contributed by atoms with Crippen LogP contribution >= 0.6 is 0 Å². The fourth-order valence-electron chi connectivity index (χ4n) is 2.69. The minimum atomic E-state index is -0.324. The molecular weight excluding hydrogens is 331 g/mol. The number of nitrogens with zero attached hydrogens (tertiary/aromatic N) is 4. The van der Waals surface area contributed by atoms with Gasteiger partial charge in [-0.05, 0) is 29.3 Å². The maximum absolute atomic E-state index is 13.9. The molecule has 1 aromatic heterocycles. The molecule has 0 aliphatic rings. The number of nitrogens with one attached hydrogen (secondary N) is 2. The Morgan fingerprint density at radius 2 is 2.08 bits per heavy atom. The van der Waals surface area contributed by atoms with Crippen LogP contribution in [0.25, 0.3) is 22.5 Å². The lowest BCUT2D eigenvalue weighted by molar-refractivity contribution is 0.628. The van der Waals surface area contributed by atoms with Crippen LogP contribution < -0.4 is 10.9 Å². The zero-order valence-electron chi connectivity index (χ0n) is 14.6. The second-order valence-electron chi connectivity index (χ2n) is 5.58. The average molecular weight is 350 g/mol. The first-order chi connectivity index (χ1) is 12.6. The molecule has 3 aromatic rings. The second-order valence-corrected chi connectivity index (χ2v) is 5.58. The first kappa shape index (κ1) is 17.3. The van der Waals surface area contributed by atoms with Gasteiger partial charge in [0.2, 0.25) is 0 Å². The van der Waals surface area contributed by atoms with E-state index in [-0.39, 0.29) is 5.82 Å². The molecule has 0 spiro atoms. The first-order valence-electron chi connectivity index (χ1n) is 7.98. The van der Waals surface area contributed by atoms with Gasteiger partial charge in [-0.1, -0.05) is 30.8 Å². The molecule has 0 unspecified atom stereocenters. The molecule has 0 bridgehead atoms. The molecule has 3 rings (SSSR count). The molecule has 0 atom stereocenters. The van der Waals surface area contributed by atoms with Crippen molar-refractivity contribution < 1.29 is 4.39 Å².